The normalized spacial score (nSPS) is 15.3. The third-order valence-corrected chi connectivity index (χ3v) is 5.03. The number of hydrogen-bond donors (Lipinski definition) is 2. The van der Waals surface area contributed by atoms with Gasteiger partial charge in [0, 0.05) is 22.7 Å². The van der Waals surface area contributed by atoms with Crippen LogP contribution in [0.4, 0.5) is 16.3 Å². The molecule has 0 radical (unpaired) electrons. The van der Waals surface area contributed by atoms with Gasteiger partial charge in [-0.3, -0.25) is 10.1 Å². The van der Waals surface area contributed by atoms with Crippen molar-refractivity contribution in [2.24, 2.45) is 0 Å². The first kappa shape index (κ1) is 19.1. The molecular formula is C21H19ClFN5O. The Morgan fingerprint density at radius 2 is 2.03 bits per heavy atom. The molecule has 0 unspecified atom stereocenters. The van der Waals surface area contributed by atoms with Gasteiger partial charge < -0.3 is 5.32 Å². The molecule has 0 saturated heterocycles. The van der Waals surface area contributed by atoms with Crippen LogP contribution < -0.4 is 10.6 Å². The summed E-state index contributed by atoms with van der Waals surface area (Å²) in [6.07, 6.45) is 2.15. The number of aryl methyl sites for hydroxylation is 1. The standard InChI is InChI=1S/C21H19ClFN5O/c1-3-18(29)25-20-26-21-24-16(13-9-7-12(2)8-10-13)11-17(28(21)27-20)19-14(22)5-4-6-15(19)23/h4-11,17H,3H2,1-2H3,(H2,24,25,26,27,29)/t17-/m0/s1. The molecule has 0 aliphatic carbocycles. The van der Waals surface area contributed by atoms with E-state index in [4.69, 9.17) is 11.6 Å². The number of nitrogens with one attached hydrogen (secondary N) is 2. The molecule has 29 heavy (non-hydrogen) atoms. The number of carbonyl (C=O) groups excluding carboxylic acids is 1. The molecular weight excluding hydrogens is 393 g/mol. The van der Waals surface area contributed by atoms with Crippen molar-refractivity contribution in [2.45, 2.75) is 26.3 Å². The molecule has 1 aromatic heterocycles. The highest BCUT2D eigenvalue weighted by Crippen LogP contribution is 2.37. The Hall–Kier alpha value is -3.19. The fourth-order valence-corrected chi connectivity index (χ4v) is 3.43. The summed E-state index contributed by atoms with van der Waals surface area (Å²) < 4.78 is 16.2. The van der Waals surface area contributed by atoms with Gasteiger partial charge in [0.25, 0.3) is 5.95 Å². The number of amides is 1. The van der Waals surface area contributed by atoms with Gasteiger partial charge in [-0.2, -0.15) is 4.98 Å². The Labute approximate surface area is 172 Å². The highest BCUT2D eigenvalue weighted by molar-refractivity contribution is 6.31. The average molecular weight is 412 g/mol. The highest BCUT2D eigenvalue weighted by Gasteiger charge is 2.29. The van der Waals surface area contributed by atoms with Gasteiger partial charge in [0.05, 0.1) is 0 Å². The molecule has 1 amide bonds. The minimum Gasteiger partial charge on any atom is -0.324 e. The molecule has 0 bridgehead atoms. The van der Waals surface area contributed by atoms with Crippen LogP contribution in [0.5, 0.6) is 0 Å². The van der Waals surface area contributed by atoms with Crippen molar-refractivity contribution in [2.75, 3.05) is 10.6 Å². The van der Waals surface area contributed by atoms with E-state index in [2.05, 4.69) is 20.7 Å². The SMILES string of the molecule is CCC(=O)Nc1nc2n(n1)[C@H](c1c(F)cccc1Cl)C=C(c1ccc(C)cc1)N2. The maximum absolute atomic E-state index is 14.7. The monoisotopic (exact) mass is 411 g/mol. The first-order chi connectivity index (χ1) is 14.0. The van der Waals surface area contributed by atoms with Gasteiger partial charge in [-0.1, -0.05) is 54.4 Å². The largest absolute Gasteiger partial charge is 0.324 e. The number of anilines is 2. The van der Waals surface area contributed by atoms with Crippen LogP contribution in [0.1, 0.15) is 36.1 Å². The lowest BCUT2D eigenvalue weighted by Crippen LogP contribution is -2.21. The smallest absolute Gasteiger partial charge is 0.250 e. The maximum Gasteiger partial charge on any atom is 0.250 e. The molecule has 2 N–H and O–H groups in total. The van der Waals surface area contributed by atoms with Crippen molar-refractivity contribution in [1.29, 1.82) is 0 Å². The van der Waals surface area contributed by atoms with Crippen LogP contribution in [0.2, 0.25) is 5.02 Å². The summed E-state index contributed by atoms with van der Waals surface area (Å²) in [7, 11) is 0. The third kappa shape index (κ3) is 3.73. The number of nitrogens with zero attached hydrogens (tertiary/aromatic N) is 3. The first-order valence-electron chi connectivity index (χ1n) is 9.22. The van der Waals surface area contributed by atoms with E-state index in [1.165, 1.54) is 10.7 Å². The maximum atomic E-state index is 14.7. The van der Waals surface area contributed by atoms with E-state index in [1.807, 2.05) is 37.3 Å². The number of halogens is 2. The molecule has 1 aliphatic heterocycles. The molecule has 2 heterocycles. The number of fused-ring (bicyclic) bond motifs is 1. The van der Waals surface area contributed by atoms with E-state index in [0.717, 1.165) is 16.8 Å². The van der Waals surface area contributed by atoms with Crippen molar-refractivity contribution >= 4 is 35.1 Å². The highest BCUT2D eigenvalue weighted by atomic mass is 35.5. The summed E-state index contributed by atoms with van der Waals surface area (Å²) in [4.78, 5) is 16.1. The Morgan fingerprint density at radius 3 is 2.72 bits per heavy atom. The topological polar surface area (TPSA) is 71.8 Å². The second-order valence-electron chi connectivity index (χ2n) is 6.76. The van der Waals surface area contributed by atoms with Crippen molar-refractivity contribution in [3.05, 3.63) is 76.1 Å². The fourth-order valence-electron chi connectivity index (χ4n) is 3.16. The number of rotatable bonds is 4. The summed E-state index contributed by atoms with van der Waals surface area (Å²) in [5.74, 6) is -0.112. The predicted molar refractivity (Wildman–Crippen MR) is 111 cm³/mol. The van der Waals surface area contributed by atoms with Crippen molar-refractivity contribution in [3.63, 3.8) is 0 Å². The number of aromatic nitrogens is 3. The van der Waals surface area contributed by atoms with Crippen molar-refractivity contribution in [3.8, 4) is 0 Å². The lowest BCUT2D eigenvalue weighted by atomic mass is 10.0. The molecule has 1 aliphatic rings. The number of carbonyl (C=O) groups is 1. The second kappa shape index (κ2) is 7.67. The van der Waals surface area contributed by atoms with Crippen LogP contribution >= 0.6 is 11.6 Å². The van der Waals surface area contributed by atoms with Gasteiger partial charge >= 0.3 is 0 Å². The molecule has 8 heteroatoms. The molecule has 3 aromatic rings. The Kier molecular flexibility index (Phi) is 5.07. The molecule has 0 saturated carbocycles. The fraction of sp³-hybridized carbons (Fsp3) is 0.190. The minimum atomic E-state index is -0.629. The zero-order valence-electron chi connectivity index (χ0n) is 15.9. The summed E-state index contributed by atoms with van der Waals surface area (Å²) in [5, 5.41) is 10.5. The van der Waals surface area contributed by atoms with E-state index in [1.54, 1.807) is 19.1 Å². The molecule has 0 fully saturated rings. The zero-order chi connectivity index (χ0) is 20.5. The lowest BCUT2D eigenvalue weighted by Gasteiger charge is -2.25. The lowest BCUT2D eigenvalue weighted by molar-refractivity contribution is -0.115. The average Bonchev–Trinajstić information content (AvgIpc) is 3.10. The zero-order valence-corrected chi connectivity index (χ0v) is 16.7. The summed E-state index contributed by atoms with van der Waals surface area (Å²) >= 11 is 6.34. The minimum absolute atomic E-state index is 0.148. The molecule has 6 nitrogen and oxygen atoms in total. The number of hydrogen-bond acceptors (Lipinski definition) is 4. The van der Waals surface area contributed by atoms with E-state index in [-0.39, 0.29) is 16.9 Å². The van der Waals surface area contributed by atoms with Gasteiger partial charge in [-0.15, -0.1) is 5.10 Å². The molecule has 1 atom stereocenters. The van der Waals surface area contributed by atoms with E-state index < -0.39 is 11.9 Å². The Bertz CT molecular complexity index is 1090. The van der Waals surface area contributed by atoms with Crippen LogP contribution in [-0.4, -0.2) is 20.7 Å². The van der Waals surface area contributed by atoms with Crippen LogP contribution in [0.25, 0.3) is 5.70 Å². The van der Waals surface area contributed by atoms with E-state index in [0.29, 0.717) is 17.9 Å². The van der Waals surface area contributed by atoms with Gasteiger partial charge in [0.15, 0.2) is 0 Å². The second-order valence-corrected chi connectivity index (χ2v) is 7.16. The van der Waals surface area contributed by atoms with Crippen LogP contribution in [0, 0.1) is 12.7 Å². The van der Waals surface area contributed by atoms with Gasteiger partial charge in [0.2, 0.25) is 11.9 Å². The summed E-state index contributed by atoms with van der Waals surface area (Å²) in [5.41, 5.74) is 3.09. The molecule has 4 rings (SSSR count). The van der Waals surface area contributed by atoms with E-state index >= 15 is 0 Å². The number of benzene rings is 2. The summed E-state index contributed by atoms with van der Waals surface area (Å²) in [6.45, 7) is 3.75. The van der Waals surface area contributed by atoms with Crippen molar-refractivity contribution in [1.82, 2.24) is 14.8 Å². The summed E-state index contributed by atoms with van der Waals surface area (Å²) in [6, 6.07) is 11.9. The van der Waals surface area contributed by atoms with Gasteiger partial charge in [-0.25, -0.2) is 9.07 Å². The number of allylic oxidation sites excluding steroid dienone is 1. The van der Waals surface area contributed by atoms with Gasteiger partial charge in [0.1, 0.15) is 11.9 Å². The predicted octanol–water partition coefficient (Wildman–Crippen LogP) is 4.78. The Morgan fingerprint density at radius 1 is 1.28 bits per heavy atom. The van der Waals surface area contributed by atoms with Crippen LogP contribution in [0.3, 0.4) is 0 Å². The molecule has 0 spiro atoms. The third-order valence-electron chi connectivity index (χ3n) is 4.70. The molecule has 2 aromatic carbocycles. The van der Waals surface area contributed by atoms with E-state index in [9.17, 15) is 9.18 Å². The Balaban J connectivity index is 1.83. The quantitative estimate of drug-likeness (QED) is 0.647. The van der Waals surface area contributed by atoms with Crippen LogP contribution in [0.15, 0.2) is 48.5 Å². The first-order valence-corrected chi connectivity index (χ1v) is 9.60. The van der Waals surface area contributed by atoms with Crippen molar-refractivity contribution < 1.29 is 9.18 Å². The molecule has 148 valence electrons. The van der Waals surface area contributed by atoms with Gasteiger partial charge in [-0.05, 0) is 30.7 Å². The van der Waals surface area contributed by atoms with Crippen LogP contribution in [-0.2, 0) is 4.79 Å².